The second-order valence-electron chi connectivity index (χ2n) is 4.89. The highest BCUT2D eigenvalue weighted by molar-refractivity contribution is 9.10. The molecule has 0 bridgehead atoms. The summed E-state index contributed by atoms with van der Waals surface area (Å²) < 4.78 is 0.897. The molecule has 0 amide bonds. The first kappa shape index (κ1) is 16.2. The number of nitrogens with one attached hydrogen (secondary N) is 2. The SMILES string of the molecule is N#Cc1c(-c2ccc(Br)cc2)nc(Nc2ccc(Cl)cc2)[nH]c1=O. The summed E-state index contributed by atoms with van der Waals surface area (Å²) in [7, 11) is 0. The van der Waals surface area contributed by atoms with Crippen LogP contribution in [0.5, 0.6) is 0 Å². The van der Waals surface area contributed by atoms with Crippen LogP contribution in [0.4, 0.5) is 11.6 Å². The third-order valence-electron chi connectivity index (χ3n) is 3.26. The van der Waals surface area contributed by atoms with E-state index in [1.165, 1.54) is 0 Å². The zero-order valence-corrected chi connectivity index (χ0v) is 14.5. The summed E-state index contributed by atoms with van der Waals surface area (Å²) in [6, 6.07) is 16.1. The first-order valence-corrected chi connectivity index (χ1v) is 8.07. The molecule has 0 spiro atoms. The molecular weight excluding hydrogens is 392 g/mol. The van der Waals surface area contributed by atoms with Crippen LogP contribution in [-0.4, -0.2) is 9.97 Å². The lowest BCUT2D eigenvalue weighted by atomic mass is 10.1. The smallest absolute Gasteiger partial charge is 0.270 e. The lowest BCUT2D eigenvalue weighted by molar-refractivity contribution is 1.11. The number of aromatic nitrogens is 2. The number of halogens is 2. The molecule has 0 aliphatic carbocycles. The molecule has 2 N–H and O–H groups in total. The number of nitriles is 1. The van der Waals surface area contributed by atoms with Crippen molar-refractivity contribution >= 4 is 39.2 Å². The largest absolute Gasteiger partial charge is 0.326 e. The molecule has 24 heavy (non-hydrogen) atoms. The first-order chi connectivity index (χ1) is 11.6. The maximum atomic E-state index is 12.2. The molecule has 2 aromatic carbocycles. The molecule has 0 aliphatic rings. The van der Waals surface area contributed by atoms with Gasteiger partial charge in [-0.2, -0.15) is 5.26 Å². The summed E-state index contributed by atoms with van der Waals surface area (Å²) in [4.78, 5) is 19.1. The monoisotopic (exact) mass is 400 g/mol. The van der Waals surface area contributed by atoms with Crippen molar-refractivity contribution in [3.8, 4) is 17.3 Å². The zero-order chi connectivity index (χ0) is 17.1. The lowest BCUT2D eigenvalue weighted by Crippen LogP contribution is -2.16. The number of H-pyrrole nitrogens is 1. The molecule has 0 saturated heterocycles. The second kappa shape index (κ2) is 6.87. The molecule has 1 aromatic heterocycles. The van der Waals surface area contributed by atoms with Gasteiger partial charge in [-0.1, -0.05) is 39.7 Å². The maximum Gasteiger partial charge on any atom is 0.270 e. The van der Waals surface area contributed by atoms with E-state index in [1.54, 1.807) is 36.4 Å². The Kier molecular flexibility index (Phi) is 4.65. The Morgan fingerprint density at radius 2 is 1.79 bits per heavy atom. The average Bonchev–Trinajstić information content (AvgIpc) is 2.57. The number of rotatable bonds is 3. The standard InChI is InChI=1S/C17H10BrClN4O/c18-11-3-1-10(2-4-11)15-14(9-20)16(24)23-17(22-15)21-13-7-5-12(19)6-8-13/h1-8H,(H2,21,22,23,24). The van der Waals surface area contributed by atoms with Gasteiger partial charge in [0.15, 0.2) is 0 Å². The van der Waals surface area contributed by atoms with Crippen molar-refractivity contribution in [3.05, 3.63) is 73.9 Å². The Morgan fingerprint density at radius 1 is 1.12 bits per heavy atom. The van der Waals surface area contributed by atoms with E-state index in [1.807, 2.05) is 18.2 Å². The topological polar surface area (TPSA) is 81.6 Å². The Morgan fingerprint density at radius 3 is 2.42 bits per heavy atom. The minimum Gasteiger partial charge on any atom is -0.326 e. The number of hydrogen-bond donors (Lipinski definition) is 2. The van der Waals surface area contributed by atoms with E-state index in [9.17, 15) is 10.1 Å². The van der Waals surface area contributed by atoms with Gasteiger partial charge in [0.1, 0.15) is 11.6 Å². The van der Waals surface area contributed by atoms with E-state index in [0.29, 0.717) is 22.0 Å². The van der Waals surface area contributed by atoms with Crippen LogP contribution in [-0.2, 0) is 0 Å². The first-order valence-electron chi connectivity index (χ1n) is 6.90. The number of benzene rings is 2. The van der Waals surface area contributed by atoms with Crippen molar-refractivity contribution in [1.29, 1.82) is 5.26 Å². The van der Waals surface area contributed by atoms with Gasteiger partial charge in [0.25, 0.3) is 5.56 Å². The summed E-state index contributed by atoms with van der Waals surface area (Å²) in [5.41, 5.74) is 1.19. The van der Waals surface area contributed by atoms with Crippen molar-refractivity contribution < 1.29 is 0 Å². The predicted molar refractivity (Wildman–Crippen MR) is 97.4 cm³/mol. The van der Waals surface area contributed by atoms with Crippen molar-refractivity contribution in [2.45, 2.75) is 0 Å². The average molecular weight is 402 g/mol. The quantitative estimate of drug-likeness (QED) is 0.678. The molecule has 3 aromatic rings. The molecule has 0 atom stereocenters. The number of aromatic amines is 1. The fourth-order valence-corrected chi connectivity index (χ4v) is 2.51. The fraction of sp³-hybridized carbons (Fsp3) is 0. The highest BCUT2D eigenvalue weighted by Crippen LogP contribution is 2.23. The Balaban J connectivity index is 2.06. The van der Waals surface area contributed by atoms with E-state index in [0.717, 1.165) is 4.47 Å². The highest BCUT2D eigenvalue weighted by Gasteiger charge is 2.13. The summed E-state index contributed by atoms with van der Waals surface area (Å²) >= 11 is 9.21. The van der Waals surface area contributed by atoms with Gasteiger partial charge < -0.3 is 5.32 Å². The molecule has 3 rings (SSSR count). The third-order valence-corrected chi connectivity index (χ3v) is 4.04. The lowest BCUT2D eigenvalue weighted by Gasteiger charge is -2.09. The van der Waals surface area contributed by atoms with E-state index in [2.05, 4.69) is 31.2 Å². The van der Waals surface area contributed by atoms with Crippen molar-refractivity contribution in [3.63, 3.8) is 0 Å². The molecule has 0 fully saturated rings. The number of hydrogen-bond acceptors (Lipinski definition) is 4. The molecule has 0 unspecified atom stereocenters. The predicted octanol–water partition coefficient (Wildman–Crippen LogP) is 4.47. The Labute approximate surface area is 151 Å². The third kappa shape index (κ3) is 3.48. The van der Waals surface area contributed by atoms with Gasteiger partial charge in [-0.05, 0) is 36.4 Å². The van der Waals surface area contributed by atoms with E-state index in [4.69, 9.17) is 11.6 Å². The normalized spacial score (nSPS) is 10.2. The van der Waals surface area contributed by atoms with E-state index < -0.39 is 5.56 Å². The molecule has 0 radical (unpaired) electrons. The minimum absolute atomic E-state index is 0.0287. The van der Waals surface area contributed by atoms with Crippen molar-refractivity contribution in [2.75, 3.05) is 5.32 Å². The molecule has 118 valence electrons. The van der Waals surface area contributed by atoms with Gasteiger partial charge in [0, 0.05) is 20.7 Å². The van der Waals surface area contributed by atoms with Crippen LogP contribution in [0, 0.1) is 11.3 Å². The van der Waals surface area contributed by atoms with Gasteiger partial charge in [-0.25, -0.2) is 4.98 Å². The zero-order valence-electron chi connectivity index (χ0n) is 12.2. The van der Waals surface area contributed by atoms with Crippen LogP contribution < -0.4 is 10.9 Å². The van der Waals surface area contributed by atoms with Crippen LogP contribution in [0.1, 0.15) is 5.56 Å². The Hall–Kier alpha value is -2.62. The molecule has 1 heterocycles. The summed E-state index contributed by atoms with van der Waals surface area (Å²) in [6.07, 6.45) is 0. The van der Waals surface area contributed by atoms with Crippen LogP contribution >= 0.6 is 27.5 Å². The van der Waals surface area contributed by atoms with E-state index in [-0.39, 0.29) is 11.5 Å². The molecule has 5 nitrogen and oxygen atoms in total. The number of anilines is 2. The Bertz CT molecular complexity index is 975. The van der Waals surface area contributed by atoms with Crippen LogP contribution in [0.2, 0.25) is 5.02 Å². The van der Waals surface area contributed by atoms with Crippen LogP contribution in [0.15, 0.2) is 57.8 Å². The van der Waals surface area contributed by atoms with E-state index >= 15 is 0 Å². The molecule has 0 aliphatic heterocycles. The van der Waals surface area contributed by atoms with Gasteiger partial charge in [-0.3, -0.25) is 9.78 Å². The minimum atomic E-state index is -0.498. The maximum absolute atomic E-state index is 12.2. The van der Waals surface area contributed by atoms with Crippen molar-refractivity contribution in [2.24, 2.45) is 0 Å². The van der Waals surface area contributed by atoms with Gasteiger partial charge in [0.05, 0.1) is 5.69 Å². The summed E-state index contributed by atoms with van der Waals surface area (Å²) in [5, 5.41) is 12.9. The number of nitrogens with zero attached hydrogens (tertiary/aromatic N) is 2. The van der Waals surface area contributed by atoms with Crippen LogP contribution in [0.3, 0.4) is 0 Å². The van der Waals surface area contributed by atoms with Gasteiger partial charge in [0.2, 0.25) is 5.95 Å². The van der Waals surface area contributed by atoms with Gasteiger partial charge in [-0.15, -0.1) is 0 Å². The van der Waals surface area contributed by atoms with Crippen molar-refractivity contribution in [1.82, 2.24) is 9.97 Å². The van der Waals surface area contributed by atoms with Gasteiger partial charge >= 0.3 is 0 Å². The fourth-order valence-electron chi connectivity index (χ4n) is 2.12. The summed E-state index contributed by atoms with van der Waals surface area (Å²) in [6.45, 7) is 0. The van der Waals surface area contributed by atoms with Crippen LogP contribution in [0.25, 0.3) is 11.3 Å². The highest BCUT2D eigenvalue weighted by atomic mass is 79.9. The molecular formula is C17H10BrClN4O. The summed E-state index contributed by atoms with van der Waals surface area (Å²) in [5.74, 6) is 0.249. The molecule has 0 saturated carbocycles. The second-order valence-corrected chi connectivity index (χ2v) is 6.24. The molecule has 7 heteroatoms.